The molecule has 4 nitrogen and oxygen atoms in total. The van der Waals surface area contributed by atoms with E-state index in [0.717, 1.165) is 18.7 Å². The maximum Gasteiger partial charge on any atom is 0.147 e. The first-order valence-corrected chi connectivity index (χ1v) is 5.88. The van der Waals surface area contributed by atoms with E-state index in [1.807, 2.05) is 0 Å². The maximum absolute atomic E-state index is 9.07. The molecule has 5 heteroatoms. The Hall–Kier alpha value is -1.00. The van der Waals surface area contributed by atoms with Crippen LogP contribution in [0.2, 0.25) is 5.02 Å². The quantitative estimate of drug-likeness (QED) is 0.842. The van der Waals surface area contributed by atoms with Crippen molar-refractivity contribution in [3.8, 4) is 0 Å². The van der Waals surface area contributed by atoms with E-state index < -0.39 is 0 Å². The summed E-state index contributed by atoms with van der Waals surface area (Å²) >= 11 is 6.12. The van der Waals surface area contributed by atoms with Crippen LogP contribution < -0.4 is 10.6 Å². The Bertz CT molecular complexity index is 368. The molecule has 0 atom stereocenters. The first-order chi connectivity index (χ1) is 7.72. The first-order valence-electron chi connectivity index (χ1n) is 5.51. The van der Waals surface area contributed by atoms with Crippen LogP contribution in [0.15, 0.2) is 12.3 Å². The molecule has 0 amide bonds. The number of nitrogens with two attached hydrogens (primary N) is 1. The summed E-state index contributed by atoms with van der Waals surface area (Å²) in [7, 11) is 0. The molecule has 1 aromatic heterocycles. The Morgan fingerprint density at radius 2 is 2.31 bits per heavy atom. The highest BCUT2D eigenvalue weighted by Crippen LogP contribution is 2.32. The van der Waals surface area contributed by atoms with Crippen molar-refractivity contribution in [2.45, 2.75) is 25.3 Å². The first kappa shape index (κ1) is 11.5. The lowest BCUT2D eigenvalue weighted by Crippen LogP contribution is -2.42. The van der Waals surface area contributed by atoms with Gasteiger partial charge in [-0.15, -0.1) is 0 Å². The molecule has 0 radical (unpaired) electrons. The van der Waals surface area contributed by atoms with Gasteiger partial charge in [0.1, 0.15) is 5.82 Å². The second-order valence-corrected chi connectivity index (χ2v) is 4.48. The third kappa shape index (κ3) is 2.23. The molecule has 16 heavy (non-hydrogen) atoms. The predicted octanol–water partition coefficient (Wildman–Crippen LogP) is 1.67. The maximum atomic E-state index is 9.07. The molecule has 0 saturated heterocycles. The van der Waals surface area contributed by atoms with Crippen LogP contribution in [-0.2, 0) is 0 Å². The van der Waals surface area contributed by atoms with E-state index in [9.17, 15) is 0 Å². The molecule has 0 spiro atoms. The minimum Gasteiger partial charge on any atom is -0.397 e. The molecular weight excluding hydrogens is 226 g/mol. The molecule has 0 unspecified atom stereocenters. The molecule has 1 fully saturated rings. The summed E-state index contributed by atoms with van der Waals surface area (Å²) in [6.07, 6.45) is 5.12. The van der Waals surface area contributed by atoms with Gasteiger partial charge in [-0.2, -0.15) is 0 Å². The molecule has 0 aromatic carbocycles. The fourth-order valence-corrected chi connectivity index (χ4v) is 2.21. The molecule has 1 heterocycles. The van der Waals surface area contributed by atoms with Crippen LogP contribution in [0.1, 0.15) is 19.3 Å². The Kier molecular flexibility index (Phi) is 3.51. The van der Waals surface area contributed by atoms with E-state index in [4.69, 9.17) is 22.4 Å². The van der Waals surface area contributed by atoms with Crippen LogP contribution >= 0.6 is 11.6 Å². The fourth-order valence-electron chi connectivity index (χ4n) is 1.92. The van der Waals surface area contributed by atoms with Gasteiger partial charge in [-0.1, -0.05) is 11.6 Å². The zero-order valence-corrected chi connectivity index (χ0v) is 9.82. The zero-order valence-electron chi connectivity index (χ0n) is 9.06. The molecule has 2 rings (SSSR count). The number of hydrogen-bond acceptors (Lipinski definition) is 4. The number of nitrogen functional groups attached to an aromatic ring is 1. The Morgan fingerprint density at radius 1 is 1.56 bits per heavy atom. The normalized spacial score (nSPS) is 15.9. The highest BCUT2D eigenvalue weighted by atomic mass is 35.5. The molecule has 1 aromatic rings. The van der Waals surface area contributed by atoms with E-state index in [0.29, 0.717) is 23.3 Å². The van der Waals surface area contributed by atoms with Crippen molar-refractivity contribution < 1.29 is 5.11 Å². The summed E-state index contributed by atoms with van der Waals surface area (Å²) in [5.74, 6) is 0.731. The van der Waals surface area contributed by atoms with Gasteiger partial charge in [0.2, 0.25) is 0 Å². The van der Waals surface area contributed by atoms with Gasteiger partial charge < -0.3 is 15.7 Å². The number of rotatable bonds is 4. The van der Waals surface area contributed by atoms with Gasteiger partial charge in [-0.05, 0) is 25.3 Å². The highest BCUT2D eigenvalue weighted by molar-refractivity contribution is 6.33. The summed E-state index contributed by atoms with van der Waals surface area (Å²) in [6.45, 7) is 0.681. The van der Waals surface area contributed by atoms with Gasteiger partial charge in [0.05, 0.1) is 23.5 Å². The molecular formula is C11H16ClN3O. The van der Waals surface area contributed by atoms with Crippen molar-refractivity contribution >= 4 is 23.1 Å². The number of anilines is 2. The number of nitrogens with zero attached hydrogens (tertiary/aromatic N) is 2. The molecule has 88 valence electrons. The smallest absolute Gasteiger partial charge is 0.147 e. The minimum absolute atomic E-state index is 0.110. The Balaban J connectivity index is 2.23. The van der Waals surface area contributed by atoms with E-state index in [-0.39, 0.29) is 6.61 Å². The van der Waals surface area contributed by atoms with Crippen LogP contribution in [0.3, 0.4) is 0 Å². The predicted molar refractivity (Wildman–Crippen MR) is 65.7 cm³/mol. The number of pyridine rings is 1. The number of aliphatic hydroxyl groups excluding tert-OH is 1. The summed E-state index contributed by atoms with van der Waals surface area (Å²) < 4.78 is 0. The lowest BCUT2D eigenvalue weighted by Gasteiger charge is -2.38. The van der Waals surface area contributed by atoms with Crippen molar-refractivity contribution in [1.82, 2.24) is 4.98 Å². The Labute approximate surface area is 100 Å². The standard InChI is InChI=1S/C11H16ClN3O/c12-10-6-8(13)7-14-11(10)15(4-5-16)9-2-1-3-9/h6-7,9,16H,1-5,13H2. The van der Waals surface area contributed by atoms with Gasteiger partial charge >= 0.3 is 0 Å². The molecule has 3 N–H and O–H groups in total. The zero-order chi connectivity index (χ0) is 11.5. The number of aromatic nitrogens is 1. The van der Waals surface area contributed by atoms with E-state index in [1.54, 1.807) is 12.3 Å². The average molecular weight is 242 g/mol. The van der Waals surface area contributed by atoms with Crippen LogP contribution in [0.25, 0.3) is 0 Å². The van der Waals surface area contributed by atoms with E-state index in [2.05, 4.69) is 9.88 Å². The lowest BCUT2D eigenvalue weighted by atomic mass is 9.91. The largest absolute Gasteiger partial charge is 0.397 e. The summed E-state index contributed by atoms with van der Waals surface area (Å²) in [5, 5.41) is 9.63. The van der Waals surface area contributed by atoms with Crippen LogP contribution in [0.5, 0.6) is 0 Å². The second kappa shape index (κ2) is 4.89. The monoisotopic (exact) mass is 241 g/mol. The molecule has 0 bridgehead atoms. The summed E-state index contributed by atoms with van der Waals surface area (Å²) in [6, 6.07) is 2.16. The SMILES string of the molecule is Nc1cnc(N(CCO)C2CCC2)c(Cl)c1. The third-order valence-corrected chi connectivity index (χ3v) is 3.25. The number of aliphatic hydroxyl groups is 1. The number of hydrogen-bond donors (Lipinski definition) is 2. The van der Waals surface area contributed by atoms with E-state index >= 15 is 0 Å². The fraction of sp³-hybridized carbons (Fsp3) is 0.545. The van der Waals surface area contributed by atoms with Crippen molar-refractivity contribution in [3.63, 3.8) is 0 Å². The van der Waals surface area contributed by atoms with Gasteiger partial charge in [0, 0.05) is 12.6 Å². The van der Waals surface area contributed by atoms with Crippen molar-refractivity contribution in [1.29, 1.82) is 0 Å². The van der Waals surface area contributed by atoms with Crippen molar-refractivity contribution in [2.75, 3.05) is 23.8 Å². The van der Waals surface area contributed by atoms with Gasteiger partial charge in [0.25, 0.3) is 0 Å². The Morgan fingerprint density at radius 3 is 2.81 bits per heavy atom. The molecule has 1 aliphatic rings. The van der Waals surface area contributed by atoms with Crippen molar-refractivity contribution in [2.24, 2.45) is 0 Å². The van der Waals surface area contributed by atoms with Gasteiger partial charge in [-0.25, -0.2) is 4.98 Å². The molecule has 1 aliphatic carbocycles. The minimum atomic E-state index is 0.110. The summed E-state index contributed by atoms with van der Waals surface area (Å²) in [4.78, 5) is 6.33. The third-order valence-electron chi connectivity index (χ3n) is 2.97. The number of halogens is 1. The van der Waals surface area contributed by atoms with Gasteiger partial charge in [-0.3, -0.25) is 0 Å². The average Bonchev–Trinajstić information content (AvgIpc) is 2.14. The van der Waals surface area contributed by atoms with Crippen LogP contribution in [-0.4, -0.2) is 29.3 Å². The molecule has 1 saturated carbocycles. The summed E-state index contributed by atoms with van der Waals surface area (Å²) in [5.41, 5.74) is 6.17. The topological polar surface area (TPSA) is 62.4 Å². The van der Waals surface area contributed by atoms with Crippen LogP contribution in [0.4, 0.5) is 11.5 Å². The van der Waals surface area contributed by atoms with Crippen LogP contribution in [0, 0.1) is 0 Å². The van der Waals surface area contributed by atoms with Gasteiger partial charge in [0.15, 0.2) is 0 Å². The highest BCUT2D eigenvalue weighted by Gasteiger charge is 2.26. The van der Waals surface area contributed by atoms with E-state index in [1.165, 1.54) is 6.42 Å². The second-order valence-electron chi connectivity index (χ2n) is 4.08. The lowest BCUT2D eigenvalue weighted by molar-refractivity contribution is 0.283. The van der Waals surface area contributed by atoms with Crippen molar-refractivity contribution in [3.05, 3.63) is 17.3 Å². The molecule has 0 aliphatic heterocycles.